The number of aryl methyl sites for hydroxylation is 1. The van der Waals surface area contributed by atoms with E-state index in [1.807, 2.05) is 31.2 Å². The quantitative estimate of drug-likeness (QED) is 0.407. The van der Waals surface area contributed by atoms with Crippen LogP contribution in [-0.4, -0.2) is 15.9 Å². The van der Waals surface area contributed by atoms with Gasteiger partial charge in [-0.2, -0.15) is 22.9 Å². The molecule has 1 aromatic heterocycles. The van der Waals surface area contributed by atoms with E-state index in [9.17, 15) is 18.0 Å². The van der Waals surface area contributed by atoms with Crippen LogP contribution in [0.3, 0.4) is 0 Å². The van der Waals surface area contributed by atoms with Gasteiger partial charge in [0.1, 0.15) is 0 Å². The zero-order chi connectivity index (χ0) is 22.0. The lowest BCUT2D eigenvalue weighted by atomic mass is 10.1. The van der Waals surface area contributed by atoms with E-state index >= 15 is 0 Å². The number of para-hydroxylation sites is 1. The fourth-order valence-electron chi connectivity index (χ4n) is 3.22. The highest BCUT2D eigenvalue weighted by Crippen LogP contribution is 2.31. The average Bonchev–Trinajstić information content (AvgIpc) is 2.78. The molecule has 0 amide bonds. The molecule has 0 radical (unpaired) electrons. The van der Waals surface area contributed by atoms with Gasteiger partial charge in [-0.1, -0.05) is 55.5 Å². The number of fused-ring (bicyclic) bond motifs is 1. The van der Waals surface area contributed by atoms with Gasteiger partial charge in [0, 0.05) is 5.56 Å². The minimum absolute atomic E-state index is 0.0382. The molecule has 4 rings (SSSR count). The highest BCUT2D eigenvalue weighted by atomic mass is 19.4. The van der Waals surface area contributed by atoms with Gasteiger partial charge in [0.05, 0.1) is 22.7 Å². The maximum Gasteiger partial charge on any atom is 0.416 e. The Kier molecular flexibility index (Phi) is 5.42. The first-order valence-electron chi connectivity index (χ1n) is 9.69. The van der Waals surface area contributed by atoms with E-state index in [-0.39, 0.29) is 11.4 Å². The third kappa shape index (κ3) is 4.26. The van der Waals surface area contributed by atoms with Crippen molar-refractivity contribution < 1.29 is 13.2 Å². The lowest BCUT2D eigenvalue weighted by molar-refractivity contribution is -0.137. The molecule has 0 N–H and O–H groups in total. The summed E-state index contributed by atoms with van der Waals surface area (Å²) in [5.74, 6) is 0.0382. The number of rotatable bonds is 4. The zero-order valence-corrected chi connectivity index (χ0v) is 16.6. The Hall–Kier alpha value is -3.74. The minimum atomic E-state index is -4.51. The van der Waals surface area contributed by atoms with Gasteiger partial charge >= 0.3 is 6.18 Å². The number of halogens is 3. The summed E-state index contributed by atoms with van der Waals surface area (Å²) < 4.78 is 40.7. The second-order valence-electron chi connectivity index (χ2n) is 6.99. The summed E-state index contributed by atoms with van der Waals surface area (Å²) in [5.41, 5.74) is 1.17. The molecule has 0 aliphatic carbocycles. The smallest absolute Gasteiger partial charge is 0.267 e. The van der Waals surface area contributed by atoms with Crippen LogP contribution in [0.25, 0.3) is 22.3 Å². The third-order valence-electron chi connectivity index (χ3n) is 4.91. The molecule has 0 unspecified atom stereocenters. The van der Waals surface area contributed by atoms with Crippen molar-refractivity contribution in [3.8, 4) is 11.4 Å². The molecule has 156 valence electrons. The average molecular weight is 421 g/mol. The van der Waals surface area contributed by atoms with Gasteiger partial charge in [0.15, 0.2) is 5.82 Å². The van der Waals surface area contributed by atoms with Gasteiger partial charge in [-0.05, 0) is 41.8 Å². The SMILES string of the molecule is CCc1ccc(C=Nn2c(-c3cccc(C(F)(F)F)c3)nc3ccccc3c2=O)cc1. The number of benzene rings is 3. The van der Waals surface area contributed by atoms with Gasteiger partial charge in [-0.3, -0.25) is 4.79 Å². The highest BCUT2D eigenvalue weighted by molar-refractivity contribution is 5.82. The standard InChI is InChI=1S/C24H18F3N3O/c1-2-16-10-12-17(13-11-16)15-28-30-22(18-6-5-7-19(14-18)24(25,26)27)29-21-9-4-3-8-20(21)23(30)31/h3-15H,2H2,1H3. The van der Waals surface area contributed by atoms with Crippen LogP contribution in [0.15, 0.2) is 82.7 Å². The number of hydrogen-bond acceptors (Lipinski definition) is 3. The molecule has 0 saturated heterocycles. The number of alkyl halides is 3. The number of hydrogen-bond donors (Lipinski definition) is 0. The van der Waals surface area contributed by atoms with Gasteiger partial charge in [-0.25, -0.2) is 4.98 Å². The zero-order valence-electron chi connectivity index (χ0n) is 16.6. The van der Waals surface area contributed by atoms with Crippen LogP contribution in [0.2, 0.25) is 0 Å². The fourth-order valence-corrected chi connectivity index (χ4v) is 3.22. The van der Waals surface area contributed by atoms with Crippen molar-refractivity contribution in [3.05, 3.63) is 99.8 Å². The fraction of sp³-hybridized carbons (Fsp3) is 0.125. The molecule has 31 heavy (non-hydrogen) atoms. The Balaban J connectivity index is 1.90. The van der Waals surface area contributed by atoms with Gasteiger partial charge in [0.25, 0.3) is 5.56 Å². The summed E-state index contributed by atoms with van der Waals surface area (Å²) in [5, 5.41) is 4.62. The topological polar surface area (TPSA) is 47.2 Å². The Morgan fingerprint density at radius 2 is 1.74 bits per heavy atom. The van der Waals surface area contributed by atoms with Gasteiger partial charge < -0.3 is 0 Å². The van der Waals surface area contributed by atoms with Crippen molar-refractivity contribution >= 4 is 17.1 Å². The molecule has 0 bridgehead atoms. The summed E-state index contributed by atoms with van der Waals surface area (Å²) in [6.45, 7) is 2.05. The summed E-state index contributed by atoms with van der Waals surface area (Å²) in [6.07, 6.45) is -2.12. The van der Waals surface area contributed by atoms with Crippen LogP contribution < -0.4 is 5.56 Å². The van der Waals surface area contributed by atoms with E-state index in [4.69, 9.17) is 0 Å². The van der Waals surface area contributed by atoms with Crippen molar-refractivity contribution in [2.45, 2.75) is 19.5 Å². The maximum absolute atomic E-state index is 13.2. The Morgan fingerprint density at radius 3 is 2.45 bits per heavy atom. The van der Waals surface area contributed by atoms with E-state index in [0.29, 0.717) is 10.9 Å². The number of aromatic nitrogens is 2. The molecule has 0 atom stereocenters. The van der Waals surface area contributed by atoms with Crippen molar-refractivity contribution in [1.82, 2.24) is 9.66 Å². The van der Waals surface area contributed by atoms with E-state index in [2.05, 4.69) is 10.1 Å². The third-order valence-corrected chi connectivity index (χ3v) is 4.91. The van der Waals surface area contributed by atoms with Gasteiger partial charge in [-0.15, -0.1) is 0 Å². The lowest BCUT2D eigenvalue weighted by Crippen LogP contribution is -2.20. The molecule has 0 spiro atoms. The first kappa shape index (κ1) is 20.5. The highest BCUT2D eigenvalue weighted by Gasteiger charge is 2.30. The Labute approximate surface area is 176 Å². The van der Waals surface area contributed by atoms with Gasteiger partial charge in [0.2, 0.25) is 0 Å². The summed E-state index contributed by atoms with van der Waals surface area (Å²) >= 11 is 0. The van der Waals surface area contributed by atoms with Crippen LogP contribution >= 0.6 is 0 Å². The molecule has 0 saturated carbocycles. The van der Waals surface area contributed by atoms with Crippen LogP contribution in [-0.2, 0) is 12.6 Å². The largest absolute Gasteiger partial charge is 0.416 e. The van der Waals surface area contributed by atoms with Crippen LogP contribution in [0.1, 0.15) is 23.6 Å². The van der Waals surface area contributed by atoms with Crippen molar-refractivity contribution in [3.63, 3.8) is 0 Å². The predicted molar refractivity (Wildman–Crippen MR) is 115 cm³/mol. The lowest BCUT2D eigenvalue weighted by Gasteiger charge is -2.12. The summed E-state index contributed by atoms with van der Waals surface area (Å²) in [6, 6.07) is 19.0. The molecule has 1 heterocycles. The summed E-state index contributed by atoms with van der Waals surface area (Å²) in [4.78, 5) is 17.6. The van der Waals surface area contributed by atoms with Crippen molar-refractivity contribution in [2.24, 2.45) is 5.10 Å². The molecule has 7 heteroatoms. The minimum Gasteiger partial charge on any atom is -0.267 e. The normalized spacial score (nSPS) is 12.0. The van der Waals surface area contributed by atoms with E-state index in [1.165, 1.54) is 18.3 Å². The molecule has 4 nitrogen and oxygen atoms in total. The Morgan fingerprint density at radius 1 is 1.00 bits per heavy atom. The molecule has 3 aromatic carbocycles. The van der Waals surface area contributed by atoms with Crippen LogP contribution in [0.4, 0.5) is 13.2 Å². The molecule has 4 aromatic rings. The first-order valence-corrected chi connectivity index (χ1v) is 9.69. The van der Waals surface area contributed by atoms with Crippen molar-refractivity contribution in [2.75, 3.05) is 0 Å². The number of nitrogens with zero attached hydrogens (tertiary/aromatic N) is 3. The molecular formula is C24H18F3N3O. The second kappa shape index (κ2) is 8.18. The second-order valence-corrected chi connectivity index (χ2v) is 6.99. The first-order chi connectivity index (χ1) is 14.9. The predicted octanol–water partition coefficient (Wildman–Crippen LogP) is 5.53. The van der Waals surface area contributed by atoms with E-state index in [1.54, 1.807) is 24.3 Å². The van der Waals surface area contributed by atoms with Crippen LogP contribution in [0, 0.1) is 0 Å². The Bertz CT molecular complexity index is 1320. The molecular weight excluding hydrogens is 403 g/mol. The maximum atomic E-state index is 13.2. The molecule has 0 aliphatic heterocycles. The van der Waals surface area contributed by atoms with Crippen LogP contribution in [0.5, 0.6) is 0 Å². The van der Waals surface area contributed by atoms with Crippen molar-refractivity contribution in [1.29, 1.82) is 0 Å². The molecule has 0 fully saturated rings. The van der Waals surface area contributed by atoms with E-state index < -0.39 is 17.3 Å². The summed E-state index contributed by atoms with van der Waals surface area (Å²) in [7, 11) is 0. The monoisotopic (exact) mass is 421 g/mol. The van der Waals surface area contributed by atoms with E-state index in [0.717, 1.165) is 34.4 Å². The molecule has 0 aliphatic rings.